The summed E-state index contributed by atoms with van der Waals surface area (Å²) >= 11 is 0. The molecule has 6 heteroatoms. The highest BCUT2D eigenvalue weighted by Crippen LogP contribution is 2.44. The molecule has 2 aliphatic rings. The number of fused-ring (bicyclic) bond motifs is 1. The number of carbonyl (C=O) groups excluding carboxylic acids is 1. The molecule has 1 aliphatic heterocycles. The van der Waals surface area contributed by atoms with Gasteiger partial charge in [0.15, 0.2) is 5.69 Å². The number of nitrogens with zero attached hydrogens (tertiary/aromatic N) is 3. The summed E-state index contributed by atoms with van der Waals surface area (Å²) in [5, 5.41) is 12.7. The molecule has 4 rings (SSSR count). The van der Waals surface area contributed by atoms with Crippen molar-refractivity contribution in [3.8, 4) is 11.4 Å². The topological polar surface area (TPSA) is 70.4 Å². The highest BCUT2D eigenvalue weighted by atomic mass is 16.3. The van der Waals surface area contributed by atoms with Crippen molar-refractivity contribution in [2.75, 3.05) is 19.7 Å². The maximum Gasteiger partial charge on any atom is 0.272 e. The molecular formula is C24H34N4O2. The second-order valence-electron chi connectivity index (χ2n) is 9.28. The Morgan fingerprint density at radius 3 is 2.67 bits per heavy atom. The molecule has 1 aromatic carbocycles. The number of imidazole rings is 1. The van der Waals surface area contributed by atoms with Gasteiger partial charge in [0.1, 0.15) is 5.82 Å². The molecule has 1 fully saturated rings. The molecule has 0 radical (unpaired) electrons. The Kier molecular flexibility index (Phi) is 5.98. The van der Waals surface area contributed by atoms with E-state index in [9.17, 15) is 9.90 Å². The van der Waals surface area contributed by atoms with Gasteiger partial charge in [0.25, 0.3) is 5.91 Å². The van der Waals surface area contributed by atoms with Crippen molar-refractivity contribution in [3.05, 3.63) is 41.7 Å². The normalized spacial score (nSPS) is 23.3. The molecule has 0 saturated heterocycles. The van der Waals surface area contributed by atoms with Gasteiger partial charge in [-0.2, -0.15) is 0 Å². The molecule has 162 valence electrons. The lowest BCUT2D eigenvalue weighted by Crippen LogP contribution is -2.44. The zero-order valence-electron chi connectivity index (χ0n) is 18.4. The summed E-state index contributed by atoms with van der Waals surface area (Å²) in [4.78, 5) is 20.4. The number of aliphatic hydroxyl groups excluding tert-OH is 1. The smallest absolute Gasteiger partial charge is 0.272 e. The summed E-state index contributed by atoms with van der Waals surface area (Å²) in [6.07, 6.45) is 3.33. The molecule has 1 amide bonds. The Morgan fingerprint density at radius 1 is 1.23 bits per heavy atom. The first-order valence-electron chi connectivity index (χ1n) is 11.2. The van der Waals surface area contributed by atoms with E-state index in [1.807, 2.05) is 30.3 Å². The number of rotatable bonds is 6. The summed E-state index contributed by atoms with van der Waals surface area (Å²) in [5.74, 6) is 1.43. The van der Waals surface area contributed by atoms with Crippen LogP contribution in [0.3, 0.4) is 0 Å². The first-order valence-corrected chi connectivity index (χ1v) is 11.2. The van der Waals surface area contributed by atoms with Crippen molar-refractivity contribution in [2.24, 2.45) is 11.3 Å². The second-order valence-corrected chi connectivity index (χ2v) is 9.28. The van der Waals surface area contributed by atoms with E-state index in [1.165, 1.54) is 0 Å². The number of hydrogen-bond acceptors (Lipinski definition) is 4. The van der Waals surface area contributed by atoms with Gasteiger partial charge in [-0.25, -0.2) is 4.98 Å². The molecule has 0 bridgehead atoms. The van der Waals surface area contributed by atoms with Crippen LogP contribution in [0, 0.1) is 11.3 Å². The van der Waals surface area contributed by atoms with Gasteiger partial charge >= 0.3 is 0 Å². The third-order valence-corrected chi connectivity index (χ3v) is 7.30. The third kappa shape index (κ3) is 3.79. The van der Waals surface area contributed by atoms with E-state index in [4.69, 9.17) is 4.98 Å². The van der Waals surface area contributed by atoms with Gasteiger partial charge in [-0.3, -0.25) is 9.69 Å². The first kappa shape index (κ1) is 21.1. The Bertz CT molecular complexity index is 890. The summed E-state index contributed by atoms with van der Waals surface area (Å²) in [5.41, 5.74) is 2.61. The van der Waals surface area contributed by atoms with Gasteiger partial charge in [0, 0.05) is 37.8 Å². The largest absolute Gasteiger partial charge is 0.395 e. The number of β-amino-alcohol motifs (C(OH)–C–C–N with tert-alkyl or cyclic N) is 1. The van der Waals surface area contributed by atoms with Gasteiger partial charge in [0.2, 0.25) is 0 Å². The van der Waals surface area contributed by atoms with Crippen molar-refractivity contribution >= 4 is 5.91 Å². The summed E-state index contributed by atoms with van der Waals surface area (Å²) in [6.45, 7) is 9.78. The van der Waals surface area contributed by atoms with Crippen LogP contribution in [0.4, 0.5) is 0 Å². The number of hydrogen-bond donors (Lipinski definition) is 2. The van der Waals surface area contributed by atoms with Crippen LogP contribution in [0.25, 0.3) is 11.4 Å². The Hall–Kier alpha value is -2.18. The number of aliphatic hydroxyl groups is 1. The summed E-state index contributed by atoms with van der Waals surface area (Å²) < 4.78 is 2.19. The highest BCUT2D eigenvalue weighted by molar-refractivity contribution is 5.94. The fourth-order valence-corrected chi connectivity index (χ4v) is 5.35. The van der Waals surface area contributed by atoms with E-state index < -0.39 is 0 Å². The fourth-order valence-electron chi connectivity index (χ4n) is 5.35. The second kappa shape index (κ2) is 8.52. The van der Waals surface area contributed by atoms with E-state index >= 15 is 0 Å². The predicted octanol–water partition coefficient (Wildman–Crippen LogP) is 3.30. The quantitative estimate of drug-likeness (QED) is 0.767. The van der Waals surface area contributed by atoms with Crippen molar-refractivity contribution in [2.45, 2.75) is 59.2 Å². The van der Waals surface area contributed by atoms with Crippen LogP contribution in [-0.2, 0) is 13.1 Å². The van der Waals surface area contributed by atoms with Gasteiger partial charge in [-0.1, -0.05) is 57.5 Å². The molecule has 2 N–H and O–H groups in total. The van der Waals surface area contributed by atoms with Crippen molar-refractivity contribution < 1.29 is 9.90 Å². The van der Waals surface area contributed by atoms with Crippen molar-refractivity contribution in [1.29, 1.82) is 0 Å². The van der Waals surface area contributed by atoms with E-state index in [-0.39, 0.29) is 24.0 Å². The van der Waals surface area contributed by atoms with Crippen LogP contribution in [-0.4, -0.2) is 51.2 Å². The first-order chi connectivity index (χ1) is 14.5. The maximum atomic E-state index is 13.4. The molecule has 1 saturated carbocycles. The van der Waals surface area contributed by atoms with E-state index in [2.05, 4.69) is 35.6 Å². The van der Waals surface area contributed by atoms with Gasteiger partial charge < -0.3 is 15.0 Å². The average molecular weight is 411 g/mol. The Labute approximate surface area is 179 Å². The standard InChI is InChI=1S/C24H34N4O2/c1-4-18-10-11-20(24(18,2)3)25-23(30)21-19-16-27(14-15-29)12-13-28(19)22(26-21)17-8-6-5-7-9-17/h5-9,18,20,29H,4,10-16H2,1-3H3,(H,25,30). The fraction of sp³-hybridized carbons (Fsp3) is 0.583. The van der Waals surface area contributed by atoms with E-state index in [1.54, 1.807) is 0 Å². The number of carbonyl (C=O) groups is 1. The van der Waals surface area contributed by atoms with Crippen LogP contribution in [0.1, 0.15) is 56.2 Å². The zero-order chi connectivity index (χ0) is 21.3. The highest BCUT2D eigenvalue weighted by Gasteiger charge is 2.43. The average Bonchev–Trinajstić information content (AvgIpc) is 3.26. The van der Waals surface area contributed by atoms with Crippen LogP contribution < -0.4 is 5.32 Å². The summed E-state index contributed by atoms with van der Waals surface area (Å²) in [7, 11) is 0. The number of nitrogens with one attached hydrogen (secondary N) is 1. The van der Waals surface area contributed by atoms with Crippen LogP contribution in [0.15, 0.2) is 30.3 Å². The Morgan fingerprint density at radius 2 is 2.00 bits per heavy atom. The molecular weight excluding hydrogens is 376 g/mol. The van der Waals surface area contributed by atoms with Crippen LogP contribution in [0.2, 0.25) is 0 Å². The van der Waals surface area contributed by atoms with Gasteiger partial charge in [-0.05, 0) is 24.2 Å². The lowest BCUT2D eigenvalue weighted by molar-refractivity contribution is 0.0884. The van der Waals surface area contributed by atoms with Crippen LogP contribution in [0.5, 0.6) is 0 Å². The SMILES string of the molecule is CCC1CCC(NC(=O)c2nc(-c3ccccc3)n3c2CN(CCO)CC3)C1(C)C. The van der Waals surface area contributed by atoms with E-state index in [0.717, 1.165) is 49.4 Å². The zero-order valence-corrected chi connectivity index (χ0v) is 18.4. The molecule has 30 heavy (non-hydrogen) atoms. The molecule has 2 heterocycles. The molecule has 2 atom stereocenters. The predicted molar refractivity (Wildman–Crippen MR) is 118 cm³/mol. The molecule has 0 spiro atoms. The maximum absolute atomic E-state index is 13.4. The Balaban J connectivity index is 1.65. The van der Waals surface area contributed by atoms with Crippen molar-refractivity contribution in [1.82, 2.24) is 19.8 Å². The van der Waals surface area contributed by atoms with E-state index in [0.29, 0.717) is 24.7 Å². The van der Waals surface area contributed by atoms with Gasteiger partial charge in [-0.15, -0.1) is 0 Å². The minimum absolute atomic E-state index is 0.0680. The number of aromatic nitrogens is 2. The molecule has 2 aromatic rings. The van der Waals surface area contributed by atoms with Crippen LogP contribution >= 0.6 is 0 Å². The molecule has 1 aromatic heterocycles. The van der Waals surface area contributed by atoms with Gasteiger partial charge in [0.05, 0.1) is 12.3 Å². The monoisotopic (exact) mass is 410 g/mol. The lowest BCUT2D eigenvalue weighted by Gasteiger charge is -2.33. The summed E-state index contributed by atoms with van der Waals surface area (Å²) in [6, 6.07) is 10.3. The number of amides is 1. The lowest BCUT2D eigenvalue weighted by atomic mass is 9.78. The minimum Gasteiger partial charge on any atom is -0.395 e. The third-order valence-electron chi connectivity index (χ3n) is 7.30. The molecule has 1 aliphatic carbocycles. The van der Waals surface area contributed by atoms with Crippen molar-refractivity contribution in [3.63, 3.8) is 0 Å². The number of benzene rings is 1. The molecule has 2 unspecified atom stereocenters. The molecule has 6 nitrogen and oxygen atoms in total. The minimum atomic E-state index is -0.0680.